The molecule has 3 aromatic heterocycles. The Labute approximate surface area is 182 Å². The molecule has 0 radical (unpaired) electrons. The highest BCUT2D eigenvalue weighted by atomic mass is 32.2. The topological polar surface area (TPSA) is 141 Å². The highest BCUT2D eigenvalue weighted by Crippen LogP contribution is 2.36. The van der Waals surface area contributed by atoms with Gasteiger partial charge in [-0.3, -0.25) is 19.8 Å². The first-order valence-electron chi connectivity index (χ1n) is 9.10. The summed E-state index contributed by atoms with van der Waals surface area (Å²) < 4.78 is 1.42. The standard InChI is InChI=1S/C19H12N6O4S2/c20-7-11-3-4-13(30-11)12-6-15(24(19(28)29)10-1-2-10)25-16(22-12)9(8-21-25)5-14-17(26)23-18(27)31-14/h3-6,8,10H,1-2H2,(H,28,29)(H,23,26,27)/b14-5+. The van der Waals surface area contributed by atoms with Crippen molar-refractivity contribution in [3.05, 3.63) is 39.7 Å². The molecule has 2 aliphatic rings. The highest BCUT2D eigenvalue weighted by molar-refractivity contribution is 8.18. The molecule has 4 heterocycles. The van der Waals surface area contributed by atoms with Gasteiger partial charge in [-0.05, 0) is 42.8 Å². The Morgan fingerprint density at radius 2 is 2.19 bits per heavy atom. The van der Waals surface area contributed by atoms with Gasteiger partial charge in [-0.1, -0.05) is 0 Å². The SMILES string of the molecule is N#Cc1ccc(-c2cc(N(C(=O)O)C3CC3)n3ncc(/C=C4/SC(=O)NC4=O)c3n2)s1. The number of nitrogens with one attached hydrogen (secondary N) is 1. The zero-order valence-corrected chi connectivity index (χ0v) is 17.2. The fourth-order valence-electron chi connectivity index (χ4n) is 3.24. The lowest BCUT2D eigenvalue weighted by Crippen LogP contribution is -2.33. The van der Waals surface area contributed by atoms with E-state index in [0.29, 0.717) is 32.5 Å². The Balaban J connectivity index is 1.72. The third-order valence-electron chi connectivity index (χ3n) is 4.74. The van der Waals surface area contributed by atoms with E-state index < -0.39 is 17.2 Å². The molecule has 3 aromatic rings. The maximum atomic E-state index is 12.0. The lowest BCUT2D eigenvalue weighted by molar-refractivity contribution is -0.115. The molecule has 0 atom stereocenters. The molecule has 154 valence electrons. The summed E-state index contributed by atoms with van der Waals surface area (Å²) in [7, 11) is 0. The Hall–Kier alpha value is -3.69. The van der Waals surface area contributed by atoms with Crippen LogP contribution in [0, 0.1) is 11.3 Å². The number of fused-ring (bicyclic) bond motifs is 1. The van der Waals surface area contributed by atoms with Crippen molar-refractivity contribution in [3.63, 3.8) is 0 Å². The van der Waals surface area contributed by atoms with Crippen molar-refractivity contribution in [1.82, 2.24) is 19.9 Å². The molecular weight excluding hydrogens is 440 g/mol. The largest absolute Gasteiger partial charge is 0.465 e. The lowest BCUT2D eigenvalue weighted by atomic mass is 10.2. The summed E-state index contributed by atoms with van der Waals surface area (Å²) in [5.74, 6) is -0.182. The Morgan fingerprint density at radius 1 is 1.39 bits per heavy atom. The van der Waals surface area contributed by atoms with Crippen LogP contribution < -0.4 is 10.2 Å². The number of thiophene rings is 1. The number of thioether (sulfide) groups is 1. The molecule has 1 saturated carbocycles. The Morgan fingerprint density at radius 3 is 2.81 bits per heavy atom. The molecule has 0 aromatic carbocycles. The number of hydrogen-bond acceptors (Lipinski definition) is 8. The molecule has 0 bridgehead atoms. The fraction of sp³-hybridized carbons (Fsp3) is 0.158. The first-order chi connectivity index (χ1) is 14.9. The van der Waals surface area contributed by atoms with E-state index in [9.17, 15) is 19.5 Å². The fourth-order valence-corrected chi connectivity index (χ4v) is 4.67. The molecule has 1 aliphatic heterocycles. The molecule has 5 rings (SSSR count). The van der Waals surface area contributed by atoms with Gasteiger partial charge in [-0.15, -0.1) is 11.3 Å². The summed E-state index contributed by atoms with van der Waals surface area (Å²) in [5.41, 5.74) is 1.29. The van der Waals surface area contributed by atoms with Gasteiger partial charge in [0.1, 0.15) is 16.8 Å². The third-order valence-corrected chi connectivity index (χ3v) is 6.57. The normalized spacial score (nSPS) is 17.2. The molecule has 31 heavy (non-hydrogen) atoms. The molecule has 0 unspecified atom stereocenters. The maximum absolute atomic E-state index is 12.0. The summed E-state index contributed by atoms with van der Waals surface area (Å²) >= 11 is 2.02. The smallest absolute Gasteiger partial charge is 0.413 e. The number of carbonyl (C=O) groups is 3. The van der Waals surface area contributed by atoms with Crippen LogP contribution >= 0.6 is 23.1 Å². The van der Waals surface area contributed by atoms with E-state index in [2.05, 4.69) is 21.5 Å². The summed E-state index contributed by atoms with van der Waals surface area (Å²) in [6.07, 6.45) is 3.38. The molecule has 3 amide bonds. The number of nitriles is 1. The van der Waals surface area contributed by atoms with Gasteiger partial charge in [0.2, 0.25) is 0 Å². The number of nitrogens with zero attached hydrogens (tertiary/aromatic N) is 5. The van der Waals surface area contributed by atoms with E-state index in [1.807, 2.05) is 0 Å². The minimum atomic E-state index is -1.10. The van der Waals surface area contributed by atoms with Crippen molar-refractivity contribution >= 4 is 57.9 Å². The van der Waals surface area contributed by atoms with E-state index in [1.54, 1.807) is 18.2 Å². The number of carbonyl (C=O) groups excluding carboxylic acids is 2. The van der Waals surface area contributed by atoms with Crippen molar-refractivity contribution in [3.8, 4) is 16.6 Å². The molecule has 12 heteroatoms. The average molecular weight is 452 g/mol. The van der Waals surface area contributed by atoms with Crippen LogP contribution in [0.4, 0.5) is 15.4 Å². The van der Waals surface area contributed by atoms with Gasteiger partial charge >= 0.3 is 6.09 Å². The van der Waals surface area contributed by atoms with Gasteiger partial charge in [0.15, 0.2) is 5.65 Å². The van der Waals surface area contributed by atoms with E-state index in [0.717, 1.165) is 24.6 Å². The lowest BCUT2D eigenvalue weighted by Gasteiger charge is -2.20. The molecular formula is C19H12N6O4S2. The predicted octanol–water partition coefficient (Wildman–Crippen LogP) is 3.30. The van der Waals surface area contributed by atoms with Crippen LogP contribution in [0.1, 0.15) is 23.3 Å². The van der Waals surface area contributed by atoms with Gasteiger partial charge in [0, 0.05) is 17.7 Å². The minimum absolute atomic E-state index is 0.145. The van der Waals surface area contributed by atoms with Crippen molar-refractivity contribution < 1.29 is 19.5 Å². The zero-order valence-electron chi connectivity index (χ0n) is 15.6. The summed E-state index contributed by atoms with van der Waals surface area (Å²) in [5, 5.41) is 25.0. The number of carboxylic acid groups (broad SMARTS) is 1. The van der Waals surface area contributed by atoms with E-state index >= 15 is 0 Å². The molecule has 0 spiro atoms. The second-order valence-electron chi connectivity index (χ2n) is 6.85. The van der Waals surface area contributed by atoms with Crippen LogP contribution in [-0.4, -0.2) is 43.0 Å². The molecule has 1 aliphatic carbocycles. The third kappa shape index (κ3) is 3.43. The van der Waals surface area contributed by atoms with Crippen molar-refractivity contribution in [1.29, 1.82) is 5.26 Å². The van der Waals surface area contributed by atoms with Gasteiger partial charge in [-0.25, -0.2) is 9.78 Å². The number of aromatic nitrogens is 3. The molecule has 1 saturated heterocycles. The Kier molecular flexibility index (Phi) is 4.49. The average Bonchev–Trinajstić information content (AvgIpc) is 3.16. The molecule has 2 N–H and O–H groups in total. The number of imide groups is 1. The summed E-state index contributed by atoms with van der Waals surface area (Å²) in [4.78, 5) is 42.7. The predicted molar refractivity (Wildman–Crippen MR) is 114 cm³/mol. The maximum Gasteiger partial charge on any atom is 0.413 e. The number of rotatable bonds is 4. The number of hydrogen-bond donors (Lipinski definition) is 2. The van der Waals surface area contributed by atoms with E-state index in [1.165, 1.54) is 33.0 Å². The first-order valence-corrected chi connectivity index (χ1v) is 10.7. The van der Waals surface area contributed by atoms with Gasteiger partial charge in [-0.2, -0.15) is 14.9 Å². The van der Waals surface area contributed by atoms with Crippen LogP contribution in [0.15, 0.2) is 29.3 Å². The Bertz CT molecular complexity index is 1350. The molecule has 2 fully saturated rings. The van der Waals surface area contributed by atoms with Crippen molar-refractivity contribution in [2.24, 2.45) is 0 Å². The van der Waals surface area contributed by atoms with Crippen molar-refractivity contribution in [2.75, 3.05) is 4.90 Å². The van der Waals surface area contributed by atoms with Crippen LogP contribution in [-0.2, 0) is 4.79 Å². The van der Waals surface area contributed by atoms with Crippen LogP contribution in [0.25, 0.3) is 22.3 Å². The van der Waals surface area contributed by atoms with Gasteiger partial charge < -0.3 is 5.11 Å². The highest BCUT2D eigenvalue weighted by Gasteiger charge is 2.36. The van der Waals surface area contributed by atoms with Crippen LogP contribution in [0.2, 0.25) is 0 Å². The first kappa shape index (κ1) is 19.3. The number of anilines is 1. The zero-order chi connectivity index (χ0) is 21.7. The van der Waals surface area contributed by atoms with Gasteiger partial charge in [0.25, 0.3) is 11.1 Å². The number of amides is 3. The van der Waals surface area contributed by atoms with Crippen LogP contribution in [0.5, 0.6) is 0 Å². The minimum Gasteiger partial charge on any atom is -0.465 e. The van der Waals surface area contributed by atoms with Crippen LogP contribution in [0.3, 0.4) is 0 Å². The second-order valence-corrected chi connectivity index (χ2v) is 8.95. The quantitative estimate of drug-likeness (QED) is 0.575. The summed E-state index contributed by atoms with van der Waals surface area (Å²) in [6, 6.07) is 7.00. The van der Waals surface area contributed by atoms with E-state index in [4.69, 9.17) is 5.26 Å². The second kappa shape index (κ2) is 7.22. The summed E-state index contributed by atoms with van der Waals surface area (Å²) in [6.45, 7) is 0. The van der Waals surface area contributed by atoms with Gasteiger partial charge in [0.05, 0.1) is 21.7 Å². The van der Waals surface area contributed by atoms with E-state index in [-0.39, 0.29) is 10.9 Å². The monoisotopic (exact) mass is 452 g/mol. The van der Waals surface area contributed by atoms with Crippen molar-refractivity contribution in [2.45, 2.75) is 18.9 Å². The molecule has 10 nitrogen and oxygen atoms in total.